The molecule has 0 aromatic rings. The highest BCUT2D eigenvalue weighted by molar-refractivity contribution is 6.01. The highest BCUT2D eigenvalue weighted by Crippen LogP contribution is 2.44. The van der Waals surface area contributed by atoms with Gasteiger partial charge in [0.2, 0.25) is 70.9 Å². The molecule has 586 valence electrons. The molecule has 4 aliphatic carbocycles. The van der Waals surface area contributed by atoms with E-state index in [0.29, 0.717) is 38.0 Å². The minimum Gasteiger partial charge on any atom is -0.381 e. The van der Waals surface area contributed by atoms with Crippen LogP contribution in [0.4, 0.5) is 13.2 Å². The smallest absolute Gasteiger partial charge is 0.381 e. The first-order valence-corrected chi connectivity index (χ1v) is 38.6. The lowest BCUT2D eigenvalue weighted by molar-refractivity contribution is -0.215. The lowest BCUT2D eigenvalue weighted by Crippen LogP contribution is -2.68. The number of carbonyl (C=O) groups is 12. The van der Waals surface area contributed by atoms with Crippen LogP contribution in [0.3, 0.4) is 0 Å². The van der Waals surface area contributed by atoms with Crippen molar-refractivity contribution in [2.75, 3.05) is 89.2 Å². The number of fused-ring (bicyclic) bond motifs is 3. The Bertz CT molecular complexity index is 3080. The third-order valence-corrected chi connectivity index (χ3v) is 24.3. The Morgan fingerprint density at radius 1 is 0.663 bits per heavy atom. The molecule has 4 saturated carbocycles. The molecule has 25 nitrogen and oxygen atoms in total. The number of halogens is 3. The zero-order chi connectivity index (χ0) is 77.0. The lowest BCUT2D eigenvalue weighted by atomic mass is 9.74. The molecule has 3 N–H and O–H groups in total. The molecule has 0 radical (unpaired) electrons. The lowest BCUT2D eigenvalue weighted by Gasteiger charge is -2.47. The average molecular weight is 1470 g/mol. The first kappa shape index (κ1) is 84.4. The fourth-order valence-corrected chi connectivity index (χ4v) is 17.1. The summed E-state index contributed by atoms with van der Waals surface area (Å²) in [6.45, 7) is 12.3. The van der Waals surface area contributed by atoms with Crippen molar-refractivity contribution in [2.45, 2.75) is 262 Å². The number of methoxy groups -OCH3 is 1. The van der Waals surface area contributed by atoms with Crippen LogP contribution in [0.1, 0.15) is 196 Å². The van der Waals surface area contributed by atoms with E-state index in [9.17, 15) is 41.9 Å². The van der Waals surface area contributed by atoms with Crippen molar-refractivity contribution < 1.29 is 75.4 Å². The van der Waals surface area contributed by atoms with Crippen LogP contribution >= 0.6 is 0 Å². The second-order valence-electron chi connectivity index (χ2n) is 32.3. The maximum absolute atomic E-state index is 15.6. The quantitative estimate of drug-likeness (QED) is 0.175. The van der Waals surface area contributed by atoms with Gasteiger partial charge >= 0.3 is 6.18 Å². The van der Waals surface area contributed by atoms with E-state index < -0.39 is 174 Å². The molecule has 2 saturated heterocycles. The van der Waals surface area contributed by atoms with Gasteiger partial charge in [0.15, 0.2) is 0 Å². The van der Waals surface area contributed by atoms with Crippen molar-refractivity contribution >= 4 is 70.9 Å². The second kappa shape index (κ2) is 37.1. The summed E-state index contributed by atoms with van der Waals surface area (Å²) in [6, 6.07) is -9.81. The summed E-state index contributed by atoms with van der Waals surface area (Å²) in [4.78, 5) is 193. The summed E-state index contributed by atoms with van der Waals surface area (Å²) in [7, 11) is 11.5. The summed E-state index contributed by atoms with van der Waals surface area (Å²) in [5, 5.41) is 8.88. The Morgan fingerprint density at radius 3 is 1.90 bits per heavy atom. The van der Waals surface area contributed by atoms with Gasteiger partial charge in [-0.2, -0.15) is 13.2 Å². The molecule has 1 spiro atoms. The SMILES string of the molecule is CC[C@H](C)[C@@H]1NC(=O)[C@H](CC(C)C)N(C)C(=O)C[C@@H](C(=O)N(C)CC)N(C)C(=O)[C@H](C2CCCC2)N(C)C(=O)C2(CCC2)NC(=O)[C@@H]2C[C@H](C)CN2C(=O)[C@H](CCC2CCC(C(F)(F)F)C(OC)C2)NC(=O)CN(C)C(=O)[C@H](CC2CCC(C)CC2)N2CC/C=C\C[C@@H](C2=O)N(C)C(=O)CN(C)C1=O. The molecular weight excluding hydrogens is 1350 g/mol. The highest BCUT2D eigenvalue weighted by atomic mass is 19.4. The Labute approximate surface area is 614 Å². The van der Waals surface area contributed by atoms with Crippen molar-refractivity contribution in [2.24, 2.45) is 47.3 Å². The Balaban J connectivity index is 1.30. The Morgan fingerprint density at radius 2 is 1.31 bits per heavy atom. The van der Waals surface area contributed by atoms with Gasteiger partial charge in [-0.15, -0.1) is 0 Å². The van der Waals surface area contributed by atoms with Crippen molar-refractivity contribution in [3.05, 3.63) is 12.2 Å². The molecule has 13 atom stereocenters. The molecule has 6 fully saturated rings. The van der Waals surface area contributed by atoms with Gasteiger partial charge in [0.25, 0.3) is 0 Å². The van der Waals surface area contributed by atoms with E-state index >= 15 is 28.8 Å². The molecule has 12 amide bonds. The third kappa shape index (κ3) is 20.4. The van der Waals surface area contributed by atoms with Gasteiger partial charge in [0, 0.05) is 76.1 Å². The van der Waals surface area contributed by atoms with E-state index in [2.05, 4.69) is 22.9 Å². The molecule has 2 bridgehead atoms. The van der Waals surface area contributed by atoms with Crippen molar-refractivity contribution in [3.8, 4) is 0 Å². The predicted octanol–water partition coefficient (Wildman–Crippen LogP) is 6.16. The first-order valence-electron chi connectivity index (χ1n) is 38.6. The molecule has 0 aromatic heterocycles. The molecule has 7 aliphatic rings. The van der Waals surface area contributed by atoms with Crippen molar-refractivity contribution in [3.63, 3.8) is 0 Å². The molecular formula is C76H123F3N12O13. The molecule has 0 aromatic carbocycles. The second-order valence-corrected chi connectivity index (χ2v) is 32.3. The number of likely N-dealkylation sites (N-methyl/N-ethyl adjacent to an activating group) is 7. The van der Waals surface area contributed by atoms with Crippen LogP contribution in [0.5, 0.6) is 0 Å². The summed E-state index contributed by atoms with van der Waals surface area (Å²) in [5.74, 6) is -10.4. The average Bonchev–Trinajstić information content (AvgIpc) is 1.19. The zero-order valence-corrected chi connectivity index (χ0v) is 64.7. The first-order chi connectivity index (χ1) is 49.0. The van der Waals surface area contributed by atoms with Gasteiger partial charge in [-0.3, -0.25) is 57.5 Å². The number of amides is 12. The minimum absolute atomic E-state index is 0.00739. The highest BCUT2D eigenvalue weighted by Gasteiger charge is 2.54. The monoisotopic (exact) mass is 1470 g/mol. The van der Waals surface area contributed by atoms with Gasteiger partial charge in [0.1, 0.15) is 53.9 Å². The van der Waals surface area contributed by atoms with Crippen LogP contribution in [0.15, 0.2) is 12.2 Å². The van der Waals surface area contributed by atoms with Gasteiger partial charge < -0.3 is 64.8 Å². The molecule has 28 heteroatoms. The zero-order valence-electron chi connectivity index (χ0n) is 64.7. The summed E-state index contributed by atoms with van der Waals surface area (Å²) in [5.41, 5.74) is -1.54. The Hall–Kier alpha value is -6.87. The number of carbonyl (C=O) groups excluding carboxylic acids is 12. The van der Waals surface area contributed by atoms with Gasteiger partial charge in [-0.05, 0) is 145 Å². The van der Waals surface area contributed by atoms with E-state index in [-0.39, 0.29) is 114 Å². The summed E-state index contributed by atoms with van der Waals surface area (Å²) >= 11 is 0. The summed E-state index contributed by atoms with van der Waals surface area (Å²) in [6.07, 6.45) is 5.70. The number of rotatable bonds is 13. The number of hydrogen-bond acceptors (Lipinski definition) is 13. The van der Waals surface area contributed by atoms with Crippen molar-refractivity contribution in [1.29, 1.82) is 0 Å². The van der Waals surface area contributed by atoms with Crippen LogP contribution in [0.2, 0.25) is 0 Å². The molecule has 3 heterocycles. The normalized spacial score (nSPS) is 31.9. The van der Waals surface area contributed by atoms with E-state index in [4.69, 9.17) is 4.74 Å². The Kier molecular flexibility index (Phi) is 30.1. The van der Waals surface area contributed by atoms with Crippen LogP contribution in [-0.2, 0) is 62.3 Å². The largest absolute Gasteiger partial charge is 0.394 e. The standard InChI is InChI=1S/C76H123F3N12O13/c1-16-49(7)64-72(101)85(10)45-63(94)86(11)55-26-19-18-22-37-90(71(55)100)59(40-50-29-27-47(5)28-30-50)70(99)84(9)44-61(92)80-54(34-32-51-31-33-53(76(77,78)79)60(41-51)104-15)68(97)91-43-48(6)39-57(91)67(96)82-75(35-23-36-75)74(103)89(14)65(52-24-20-21-25-52)73(102)88(13)58(69(98)83(8)17-2)42-62(93)87(12)56(38-46(3)4)66(95)81-64/h18-19,46-60,64-65H,16-17,20-45H2,1-15H3,(H,80,92)(H,81,95)(H,82,96)/b19-18-/t47?,48-,49-,50?,51?,53?,54-,55-,56-,57-,58-,59-,60?,64-,65-/m0/s1. The number of hydrogen-bond donors (Lipinski definition) is 3. The summed E-state index contributed by atoms with van der Waals surface area (Å²) < 4.78 is 48.2. The molecule has 7 rings (SSSR count). The number of alkyl halides is 3. The van der Waals surface area contributed by atoms with Gasteiger partial charge in [0.05, 0.1) is 31.5 Å². The van der Waals surface area contributed by atoms with Crippen molar-refractivity contribution in [1.82, 2.24) is 60.0 Å². The minimum atomic E-state index is -4.51. The molecule has 3 aliphatic heterocycles. The van der Waals surface area contributed by atoms with E-state index in [1.165, 1.54) is 93.5 Å². The molecule has 3 unspecified atom stereocenters. The van der Waals surface area contributed by atoms with E-state index in [1.54, 1.807) is 27.0 Å². The predicted molar refractivity (Wildman–Crippen MR) is 385 cm³/mol. The van der Waals surface area contributed by atoms with Crippen LogP contribution in [-0.4, -0.2) is 270 Å². The number of nitrogens with zero attached hydrogens (tertiary/aromatic N) is 9. The van der Waals surface area contributed by atoms with Gasteiger partial charge in [-0.25, -0.2) is 0 Å². The molecule has 104 heavy (non-hydrogen) atoms. The number of ether oxygens (including phenoxy) is 1. The van der Waals surface area contributed by atoms with E-state index in [0.717, 1.165) is 38.5 Å². The van der Waals surface area contributed by atoms with Crippen LogP contribution in [0.25, 0.3) is 0 Å². The topological polar surface area (TPSA) is 279 Å². The fourth-order valence-electron chi connectivity index (χ4n) is 17.1. The van der Waals surface area contributed by atoms with E-state index in [1.807, 2.05) is 33.8 Å². The number of nitrogens with one attached hydrogen (secondary N) is 3. The van der Waals surface area contributed by atoms with Crippen LogP contribution in [0, 0.1) is 47.3 Å². The van der Waals surface area contributed by atoms with Gasteiger partial charge in [-0.1, -0.05) is 98.6 Å². The van der Waals surface area contributed by atoms with Crippen LogP contribution < -0.4 is 16.0 Å². The maximum atomic E-state index is 15.6. The third-order valence-electron chi connectivity index (χ3n) is 24.3. The maximum Gasteiger partial charge on any atom is 0.394 e. The fraction of sp³-hybridized carbons (Fsp3) is 0.816.